The zero-order valence-corrected chi connectivity index (χ0v) is 14.1. The molecule has 3 rings (SSSR count). The highest BCUT2D eigenvalue weighted by molar-refractivity contribution is 6.15. The van der Waals surface area contributed by atoms with Gasteiger partial charge in [0.25, 0.3) is 5.91 Å². The molecule has 1 amide bonds. The fraction of sp³-hybridized carbons (Fsp3) is 0.250. The highest BCUT2D eigenvalue weighted by atomic mass is 16.6. The van der Waals surface area contributed by atoms with Crippen molar-refractivity contribution in [3.8, 4) is 0 Å². The van der Waals surface area contributed by atoms with E-state index in [1.54, 1.807) is 62.4 Å². The van der Waals surface area contributed by atoms with Crippen LogP contribution >= 0.6 is 0 Å². The number of carbonyl (C=O) groups is 3. The fourth-order valence-electron chi connectivity index (χ4n) is 2.93. The predicted molar refractivity (Wildman–Crippen MR) is 92.4 cm³/mol. The molecule has 128 valence electrons. The molecule has 5 heteroatoms. The second kappa shape index (κ2) is 6.51. The normalized spacial score (nSPS) is 18.5. The van der Waals surface area contributed by atoms with Gasteiger partial charge in [-0.1, -0.05) is 48.5 Å². The summed E-state index contributed by atoms with van der Waals surface area (Å²) in [5, 5.41) is 2.68. The molecule has 0 spiro atoms. The Kier molecular flexibility index (Phi) is 4.40. The van der Waals surface area contributed by atoms with Crippen molar-refractivity contribution in [1.82, 2.24) is 5.32 Å². The van der Waals surface area contributed by atoms with E-state index in [0.717, 1.165) is 0 Å². The van der Waals surface area contributed by atoms with Gasteiger partial charge in [-0.25, -0.2) is 4.79 Å². The lowest BCUT2D eigenvalue weighted by Gasteiger charge is -2.15. The Hall–Kier alpha value is -2.95. The van der Waals surface area contributed by atoms with E-state index in [-0.39, 0.29) is 11.3 Å². The van der Waals surface area contributed by atoms with E-state index in [1.165, 1.54) is 0 Å². The summed E-state index contributed by atoms with van der Waals surface area (Å²) in [5.74, 6) is -1.15. The Morgan fingerprint density at radius 3 is 2.20 bits per heavy atom. The molecule has 0 saturated carbocycles. The molecular weight excluding hydrogens is 318 g/mol. The van der Waals surface area contributed by atoms with Crippen molar-refractivity contribution in [2.24, 2.45) is 0 Å². The van der Waals surface area contributed by atoms with Crippen LogP contribution in [0, 0.1) is 0 Å². The summed E-state index contributed by atoms with van der Waals surface area (Å²) < 4.78 is 5.22. The number of ether oxygens (including phenoxy) is 1. The molecule has 1 aliphatic heterocycles. The third-order valence-electron chi connectivity index (χ3n) is 4.11. The van der Waals surface area contributed by atoms with E-state index >= 15 is 0 Å². The van der Waals surface area contributed by atoms with Gasteiger partial charge in [-0.2, -0.15) is 0 Å². The second-order valence-electron chi connectivity index (χ2n) is 6.65. The topological polar surface area (TPSA) is 72.5 Å². The van der Waals surface area contributed by atoms with Crippen molar-refractivity contribution in [2.75, 3.05) is 0 Å². The molecule has 0 aromatic heterocycles. The number of benzene rings is 2. The minimum atomic E-state index is -0.706. The maximum absolute atomic E-state index is 12.7. The first-order chi connectivity index (χ1) is 11.9. The summed E-state index contributed by atoms with van der Waals surface area (Å²) in [6.45, 7) is 3.59. The summed E-state index contributed by atoms with van der Waals surface area (Å²) in [7, 11) is 0. The van der Waals surface area contributed by atoms with Crippen LogP contribution in [0.15, 0.2) is 54.6 Å². The van der Waals surface area contributed by atoms with Gasteiger partial charge in [0, 0.05) is 17.5 Å². The van der Waals surface area contributed by atoms with Crippen molar-refractivity contribution in [2.45, 2.75) is 31.9 Å². The number of nitrogens with one attached hydrogen (secondary N) is 1. The van der Waals surface area contributed by atoms with Crippen molar-refractivity contribution in [3.05, 3.63) is 71.3 Å². The molecule has 1 N–H and O–H groups in total. The molecule has 25 heavy (non-hydrogen) atoms. The van der Waals surface area contributed by atoms with Crippen LogP contribution in [0.2, 0.25) is 0 Å². The van der Waals surface area contributed by atoms with Crippen molar-refractivity contribution in [1.29, 1.82) is 0 Å². The molecule has 1 atom stereocenters. The monoisotopic (exact) mass is 337 g/mol. The Morgan fingerprint density at radius 2 is 1.60 bits per heavy atom. The van der Waals surface area contributed by atoms with Gasteiger partial charge in [-0.15, -0.1) is 0 Å². The Bertz CT molecular complexity index is 827. The van der Waals surface area contributed by atoms with Crippen LogP contribution in [-0.2, 0) is 9.53 Å². The van der Waals surface area contributed by atoms with Crippen LogP contribution in [0.4, 0.5) is 0 Å². The van der Waals surface area contributed by atoms with Crippen LogP contribution in [0.5, 0.6) is 0 Å². The summed E-state index contributed by atoms with van der Waals surface area (Å²) in [4.78, 5) is 37.2. The average molecular weight is 337 g/mol. The molecule has 1 unspecified atom stereocenters. The third kappa shape index (κ3) is 3.60. The standard InChI is InChI=1S/C20H19NO4/c1-20(2)12-16(19(24)25-20)21-18(23)15-11-7-6-10-14(15)17(22)13-8-4-3-5-9-13/h3-11,16H,12H2,1-2H3,(H,21,23). The first kappa shape index (κ1) is 16.9. The van der Waals surface area contributed by atoms with Crippen LogP contribution in [0.3, 0.4) is 0 Å². The van der Waals surface area contributed by atoms with E-state index in [2.05, 4.69) is 5.32 Å². The van der Waals surface area contributed by atoms with Gasteiger partial charge in [0.2, 0.25) is 0 Å². The predicted octanol–water partition coefficient (Wildman–Crippen LogP) is 2.74. The summed E-state index contributed by atoms with van der Waals surface area (Å²) >= 11 is 0. The number of ketones is 1. The molecule has 5 nitrogen and oxygen atoms in total. The van der Waals surface area contributed by atoms with E-state index in [1.807, 2.05) is 6.07 Å². The first-order valence-electron chi connectivity index (χ1n) is 8.10. The smallest absolute Gasteiger partial charge is 0.329 e. The molecule has 1 heterocycles. The molecule has 2 aromatic rings. The van der Waals surface area contributed by atoms with Gasteiger partial charge in [0.15, 0.2) is 5.78 Å². The Balaban J connectivity index is 1.85. The molecule has 2 aromatic carbocycles. The molecule has 1 saturated heterocycles. The number of esters is 1. The third-order valence-corrected chi connectivity index (χ3v) is 4.11. The van der Waals surface area contributed by atoms with Gasteiger partial charge in [0.05, 0.1) is 5.56 Å². The second-order valence-corrected chi connectivity index (χ2v) is 6.65. The Morgan fingerprint density at radius 1 is 1.00 bits per heavy atom. The molecule has 0 radical (unpaired) electrons. The quantitative estimate of drug-likeness (QED) is 0.688. The number of cyclic esters (lactones) is 1. The van der Waals surface area contributed by atoms with Crippen LogP contribution in [0.25, 0.3) is 0 Å². The van der Waals surface area contributed by atoms with Crippen molar-refractivity contribution in [3.63, 3.8) is 0 Å². The summed E-state index contributed by atoms with van der Waals surface area (Å²) in [6, 6.07) is 14.7. The van der Waals surface area contributed by atoms with Gasteiger partial charge >= 0.3 is 5.97 Å². The zero-order chi connectivity index (χ0) is 18.0. The van der Waals surface area contributed by atoms with Crippen LogP contribution in [-0.4, -0.2) is 29.3 Å². The van der Waals surface area contributed by atoms with E-state index in [0.29, 0.717) is 17.5 Å². The maximum atomic E-state index is 12.7. The van der Waals surface area contributed by atoms with E-state index < -0.39 is 23.5 Å². The van der Waals surface area contributed by atoms with Crippen LogP contribution < -0.4 is 5.32 Å². The van der Waals surface area contributed by atoms with E-state index in [4.69, 9.17) is 4.74 Å². The lowest BCUT2D eigenvalue weighted by Crippen LogP contribution is -2.38. The van der Waals surface area contributed by atoms with Gasteiger partial charge in [0.1, 0.15) is 11.6 Å². The largest absolute Gasteiger partial charge is 0.458 e. The van der Waals surface area contributed by atoms with Gasteiger partial charge in [-0.3, -0.25) is 9.59 Å². The van der Waals surface area contributed by atoms with Crippen molar-refractivity contribution < 1.29 is 19.1 Å². The molecular formula is C20H19NO4. The highest BCUT2D eigenvalue weighted by Crippen LogP contribution is 2.26. The number of amides is 1. The zero-order valence-electron chi connectivity index (χ0n) is 14.1. The average Bonchev–Trinajstić information content (AvgIpc) is 2.86. The molecule has 1 fully saturated rings. The van der Waals surface area contributed by atoms with Gasteiger partial charge in [-0.05, 0) is 19.9 Å². The Labute approximate surface area is 146 Å². The SMILES string of the molecule is CC1(C)CC(NC(=O)c2ccccc2C(=O)c2ccccc2)C(=O)O1. The molecule has 0 aliphatic carbocycles. The molecule has 0 bridgehead atoms. The summed E-state index contributed by atoms with van der Waals surface area (Å²) in [5.41, 5.74) is 0.448. The number of rotatable bonds is 4. The summed E-state index contributed by atoms with van der Waals surface area (Å²) in [6.07, 6.45) is 0.395. The van der Waals surface area contributed by atoms with Crippen LogP contribution in [0.1, 0.15) is 46.5 Å². The fourth-order valence-corrected chi connectivity index (χ4v) is 2.93. The number of carbonyl (C=O) groups excluding carboxylic acids is 3. The highest BCUT2D eigenvalue weighted by Gasteiger charge is 2.41. The minimum Gasteiger partial charge on any atom is -0.458 e. The maximum Gasteiger partial charge on any atom is 0.329 e. The first-order valence-corrected chi connectivity index (χ1v) is 8.10. The van der Waals surface area contributed by atoms with E-state index in [9.17, 15) is 14.4 Å². The minimum absolute atomic E-state index is 0.235. The lowest BCUT2D eigenvalue weighted by atomic mass is 9.97. The van der Waals surface area contributed by atoms with Gasteiger partial charge < -0.3 is 10.1 Å². The lowest BCUT2D eigenvalue weighted by molar-refractivity contribution is -0.147. The number of hydrogen-bond donors (Lipinski definition) is 1. The molecule has 1 aliphatic rings. The number of hydrogen-bond acceptors (Lipinski definition) is 4. The van der Waals surface area contributed by atoms with Crippen molar-refractivity contribution >= 4 is 17.7 Å².